The maximum Gasteiger partial charge on any atom is 0.253 e. The minimum absolute atomic E-state index is 0. The summed E-state index contributed by atoms with van der Waals surface area (Å²) < 4.78 is 5.58. The Labute approximate surface area is 157 Å². The summed E-state index contributed by atoms with van der Waals surface area (Å²) in [6.45, 7) is 7.83. The molecule has 1 heterocycles. The third-order valence-electron chi connectivity index (χ3n) is 3.99. The second-order valence-electron chi connectivity index (χ2n) is 6.10. The molecule has 1 saturated heterocycles. The standard InChI is InChI=1S/C17H27N3O2.2ClH/c1-13(2)22-12-11-20-9-7-14(8-10-20)19-17(21)15-5-3-4-6-16(15)18;;/h3-6,13-14H,7-12,18H2,1-2H3,(H,19,21);2*1H. The molecule has 1 aliphatic heterocycles. The van der Waals surface area contributed by atoms with Crippen LogP contribution < -0.4 is 11.1 Å². The highest BCUT2D eigenvalue weighted by Gasteiger charge is 2.21. The average molecular weight is 378 g/mol. The molecule has 3 N–H and O–H groups in total. The van der Waals surface area contributed by atoms with E-state index < -0.39 is 0 Å². The molecule has 0 spiro atoms. The molecule has 0 unspecified atom stereocenters. The van der Waals surface area contributed by atoms with E-state index in [4.69, 9.17) is 10.5 Å². The van der Waals surface area contributed by atoms with Crippen LogP contribution in [0.5, 0.6) is 0 Å². The normalized spacial score (nSPS) is 15.5. The van der Waals surface area contributed by atoms with E-state index in [1.165, 1.54) is 0 Å². The molecule has 1 amide bonds. The first kappa shape index (κ1) is 23.0. The van der Waals surface area contributed by atoms with Crippen LogP contribution in [-0.4, -0.2) is 49.2 Å². The van der Waals surface area contributed by atoms with Gasteiger partial charge in [-0.3, -0.25) is 4.79 Å². The van der Waals surface area contributed by atoms with Crippen molar-refractivity contribution in [3.8, 4) is 0 Å². The summed E-state index contributed by atoms with van der Waals surface area (Å²) >= 11 is 0. The molecule has 0 aliphatic carbocycles. The summed E-state index contributed by atoms with van der Waals surface area (Å²) in [6, 6.07) is 7.43. The van der Waals surface area contributed by atoms with Crippen molar-refractivity contribution in [1.82, 2.24) is 10.2 Å². The molecule has 0 saturated carbocycles. The number of para-hydroxylation sites is 1. The number of nitrogen functional groups attached to an aromatic ring is 1. The molecule has 0 bridgehead atoms. The molecular formula is C17H29Cl2N3O2. The molecule has 0 radical (unpaired) electrons. The SMILES string of the molecule is CC(C)OCCN1CCC(NC(=O)c2ccccc2N)CC1.Cl.Cl. The average Bonchev–Trinajstić information content (AvgIpc) is 2.49. The number of rotatable bonds is 6. The molecule has 7 heteroatoms. The third-order valence-corrected chi connectivity index (χ3v) is 3.99. The van der Waals surface area contributed by atoms with Crippen molar-refractivity contribution >= 4 is 36.4 Å². The van der Waals surface area contributed by atoms with Crippen LogP contribution in [-0.2, 0) is 4.74 Å². The molecule has 0 atom stereocenters. The Morgan fingerprint density at radius 1 is 1.29 bits per heavy atom. The van der Waals surface area contributed by atoms with Gasteiger partial charge in [-0.05, 0) is 38.8 Å². The van der Waals surface area contributed by atoms with Gasteiger partial charge < -0.3 is 20.7 Å². The number of benzene rings is 1. The number of ether oxygens (including phenoxy) is 1. The Bertz CT molecular complexity index is 492. The van der Waals surface area contributed by atoms with Gasteiger partial charge >= 0.3 is 0 Å². The summed E-state index contributed by atoms with van der Waals surface area (Å²) in [7, 11) is 0. The van der Waals surface area contributed by atoms with Crippen molar-refractivity contribution in [1.29, 1.82) is 0 Å². The molecule has 138 valence electrons. The maximum atomic E-state index is 12.2. The zero-order chi connectivity index (χ0) is 15.9. The molecule has 24 heavy (non-hydrogen) atoms. The fourth-order valence-corrected chi connectivity index (χ4v) is 2.69. The maximum absolute atomic E-state index is 12.2. The summed E-state index contributed by atoms with van der Waals surface area (Å²) in [5.41, 5.74) is 6.94. The minimum Gasteiger partial charge on any atom is -0.398 e. The number of halogens is 2. The van der Waals surface area contributed by atoms with E-state index in [1.807, 2.05) is 12.1 Å². The highest BCUT2D eigenvalue weighted by molar-refractivity contribution is 5.99. The number of amides is 1. The van der Waals surface area contributed by atoms with Gasteiger partial charge in [-0.1, -0.05) is 12.1 Å². The van der Waals surface area contributed by atoms with Crippen molar-refractivity contribution < 1.29 is 9.53 Å². The lowest BCUT2D eigenvalue weighted by atomic mass is 10.0. The number of nitrogens with one attached hydrogen (secondary N) is 1. The Kier molecular flexibility index (Phi) is 11.0. The lowest BCUT2D eigenvalue weighted by molar-refractivity contribution is 0.0520. The number of anilines is 1. The van der Waals surface area contributed by atoms with Gasteiger partial charge in [-0.25, -0.2) is 0 Å². The first-order valence-electron chi connectivity index (χ1n) is 8.05. The summed E-state index contributed by atoms with van der Waals surface area (Å²) in [5.74, 6) is -0.0697. The van der Waals surface area contributed by atoms with Crippen LogP contribution in [0, 0.1) is 0 Å². The van der Waals surface area contributed by atoms with Crippen molar-refractivity contribution in [2.75, 3.05) is 32.0 Å². The van der Waals surface area contributed by atoms with Crippen molar-refractivity contribution in [3.63, 3.8) is 0 Å². The number of hydrogen-bond donors (Lipinski definition) is 2. The second kappa shape index (κ2) is 11.5. The fourth-order valence-electron chi connectivity index (χ4n) is 2.69. The van der Waals surface area contributed by atoms with Gasteiger partial charge in [-0.2, -0.15) is 0 Å². The van der Waals surface area contributed by atoms with Crippen LogP contribution in [0.1, 0.15) is 37.0 Å². The number of piperidine rings is 1. The Morgan fingerprint density at radius 2 is 1.92 bits per heavy atom. The quantitative estimate of drug-likeness (QED) is 0.747. The zero-order valence-corrected chi connectivity index (χ0v) is 16.0. The number of likely N-dealkylation sites (tertiary alicyclic amines) is 1. The van der Waals surface area contributed by atoms with E-state index in [0.717, 1.165) is 39.1 Å². The van der Waals surface area contributed by atoms with Crippen LogP contribution >= 0.6 is 24.8 Å². The lowest BCUT2D eigenvalue weighted by Gasteiger charge is -2.32. The van der Waals surface area contributed by atoms with Crippen molar-refractivity contribution in [2.24, 2.45) is 0 Å². The molecule has 2 rings (SSSR count). The fraction of sp³-hybridized carbons (Fsp3) is 0.588. The predicted molar refractivity (Wildman–Crippen MR) is 103 cm³/mol. The molecule has 5 nitrogen and oxygen atoms in total. The summed E-state index contributed by atoms with van der Waals surface area (Å²) in [6.07, 6.45) is 2.23. The molecule has 0 aromatic heterocycles. The van der Waals surface area contributed by atoms with Crippen LogP contribution in [0.25, 0.3) is 0 Å². The number of nitrogens with zero attached hydrogens (tertiary/aromatic N) is 1. The van der Waals surface area contributed by atoms with Crippen molar-refractivity contribution in [2.45, 2.75) is 38.8 Å². The number of carbonyl (C=O) groups is 1. The van der Waals surface area contributed by atoms with E-state index in [9.17, 15) is 4.79 Å². The highest BCUT2D eigenvalue weighted by Crippen LogP contribution is 2.14. The van der Waals surface area contributed by atoms with Gasteiger partial charge in [0.25, 0.3) is 5.91 Å². The van der Waals surface area contributed by atoms with Gasteiger partial charge in [-0.15, -0.1) is 24.8 Å². The molecule has 1 fully saturated rings. The predicted octanol–water partition coefficient (Wildman–Crippen LogP) is 2.73. The first-order chi connectivity index (χ1) is 10.6. The van der Waals surface area contributed by atoms with Gasteiger partial charge in [0.1, 0.15) is 0 Å². The van der Waals surface area contributed by atoms with Gasteiger partial charge in [0.2, 0.25) is 0 Å². The topological polar surface area (TPSA) is 67.6 Å². The zero-order valence-electron chi connectivity index (χ0n) is 14.4. The molecular weight excluding hydrogens is 349 g/mol. The molecule has 1 aromatic carbocycles. The van der Waals surface area contributed by atoms with E-state index in [0.29, 0.717) is 11.3 Å². The lowest BCUT2D eigenvalue weighted by Crippen LogP contribution is -2.45. The van der Waals surface area contributed by atoms with Crippen molar-refractivity contribution in [3.05, 3.63) is 29.8 Å². The minimum atomic E-state index is -0.0697. The smallest absolute Gasteiger partial charge is 0.253 e. The van der Waals surface area contributed by atoms with Gasteiger partial charge in [0.15, 0.2) is 0 Å². The van der Waals surface area contributed by atoms with Crippen LogP contribution in [0.2, 0.25) is 0 Å². The van der Waals surface area contributed by atoms with Gasteiger partial charge in [0.05, 0.1) is 18.3 Å². The van der Waals surface area contributed by atoms with E-state index in [1.54, 1.807) is 12.1 Å². The Hall–Kier alpha value is -1.01. The number of nitrogens with two attached hydrogens (primary N) is 1. The third kappa shape index (κ3) is 7.26. The first-order valence-corrected chi connectivity index (χ1v) is 8.05. The second-order valence-corrected chi connectivity index (χ2v) is 6.10. The largest absolute Gasteiger partial charge is 0.398 e. The Balaban J connectivity index is 0.00000264. The van der Waals surface area contributed by atoms with Gasteiger partial charge in [0, 0.05) is 31.4 Å². The van der Waals surface area contributed by atoms with E-state index >= 15 is 0 Å². The van der Waals surface area contributed by atoms with E-state index in [-0.39, 0.29) is 42.9 Å². The highest BCUT2D eigenvalue weighted by atomic mass is 35.5. The molecule has 1 aliphatic rings. The van der Waals surface area contributed by atoms with Crippen LogP contribution in [0.3, 0.4) is 0 Å². The van der Waals surface area contributed by atoms with E-state index in [2.05, 4.69) is 24.1 Å². The summed E-state index contributed by atoms with van der Waals surface area (Å²) in [4.78, 5) is 14.6. The Morgan fingerprint density at radius 3 is 2.50 bits per heavy atom. The summed E-state index contributed by atoms with van der Waals surface area (Å²) in [5, 5.41) is 3.09. The number of carbonyl (C=O) groups excluding carboxylic acids is 1. The monoisotopic (exact) mass is 377 g/mol. The number of hydrogen-bond acceptors (Lipinski definition) is 4. The van der Waals surface area contributed by atoms with Crippen LogP contribution in [0.4, 0.5) is 5.69 Å². The van der Waals surface area contributed by atoms with Crippen LogP contribution in [0.15, 0.2) is 24.3 Å². The molecule has 1 aromatic rings.